The van der Waals surface area contributed by atoms with Crippen LogP contribution in [0.25, 0.3) is 0 Å². The number of ether oxygens (including phenoxy) is 2. The van der Waals surface area contributed by atoms with E-state index in [9.17, 15) is 4.79 Å². The topological polar surface area (TPSA) is 42.0 Å². The number of amides is 1. The highest BCUT2D eigenvalue weighted by Crippen LogP contribution is 2.29. The number of hydrogen-bond donors (Lipinski definition) is 0. The number of aryl methyl sites for hydroxylation is 1. The van der Waals surface area contributed by atoms with Crippen LogP contribution in [0.4, 0.5) is 5.69 Å². The minimum absolute atomic E-state index is 0.123. The van der Waals surface area contributed by atoms with Gasteiger partial charge in [-0.1, -0.05) is 24.3 Å². The van der Waals surface area contributed by atoms with E-state index in [0.29, 0.717) is 24.6 Å². The number of piperazine rings is 1. The van der Waals surface area contributed by atoms with E-state index >= 15 is 0 Å². The predicted molar refractivity (Wildman–Crippen MR) is 103 cm³/mol. The Morgan fingerprint density at radius 1 is 1.08 bits per heavy atom. The van der Waals surface area contributed by atoms with Crippen LogP contribution in [0, 0.1) is 6.92 Å². The summed E-state index contributed by atoms with van der Waals surface area (Å²) >= 11 is 0. The van der Waals surface area contributed by atoms with Crippen LogP contribution in [0.5, 0.6) is 11.5 Å². The maximum atomic E-state index is 12.8. The van der Waals surface area contributed by atoms with Crippen LogP contribution in [0.15, 0.2) is 42.5 Å². The van der Waals surface area contributed by atoms with Crippen molar-refractivity contribution in [1.82, 2.24) is 4.90 Å². The van der Waals surface area contributed by atoms with Crippen molar-refractivity contribution in [3.63, 3.8) is 0 Å². The number of carbonyl (C=O) groups is 1. The van der Waals surface area contributed by atoms with E-state index in [1.165, 1.54) is 0 Å². The lowest BCUT2D eigenvalue weighted by molar-refractivity contribution is -0.122. The predicted octanol–water partition coefficient (Wildman–Crippen LogP) is 3.25. The molecule has 1 aliphatic rings. The van der Waals surface area contributed by atoms with Gasteiger partial charge in [0.2, 0.25) is 5.91 Å². The molecule has 1 fully saturated rings. The molecule has 138 valence electrons. The van der Waals surface area contributed by atoms with Crippen molar-refractivity contribution in [3.05, 3.63) is 53.6 Å². The fraction of sp³-hybridized carbons (Fsp3) is 0.381. The molecule has 2 aromatic rings. The van der Waals surface area contributed by atoms with Crippen LogP contribution in [-0.2, 0) is 11.3 Å². The molecule has 1 heterocycles. The summed E-state index contributed by atoms with van der Waals surface area (Å²) < 4.78 is 10.7. The van der Waals surface area contributed by atoms with Gasteiger partial charge in [-0.25, -0.2) is 0 Å². The van der Waals surface area contributed by atoms with Gasteiger partial charge in [0.05, 0.1) is 20.8 Å². The lowest BCUT2D eigenvalue weighted by Crippen LogP contribution is -2.55. The lowest BCUT2D eigenvalue weighted by atomic mass is 10.1. The minimum atomic E-state index is 0.123. The average Bonchev–Trinajstić information content (AvgIpc) is 2.62. The van der Waals surface area contributed by atoms with E-state index in [-0.39, 0.29) is 11.9 Å². The molecule has 2 aromatic carbocycles. The lowest BCUT2D eigenvalue weighted by Gasteiger charge is -2.40. The van der Waals surface area contributed by atoms with Gasteiger partial charge in [-0.2, -0.15) is 0 Å². The normalized spacial score (nSPS) is 18.1. The molecule has 5 nitrogen and oxygen atoms in total. The molecule has 5 heteroatoms. The van der Waals surface area contributed by atoms with Gasteiger partial charge in [0.25, 0.3) is 0 Å². The number of carbonyl (C=O) groups excluding carboxylic acids is 1. The van der Waals surface area contributed by atoms with Gasteiger partial charge in [0.15, 0.2) is 11.5 Å². The summed E-state index contributed by atoms with van der Waals surface area (Å²) in [4.78, 5) is 16.9. The number of para-hydroxylation sites is 1. The van der Waals surface area contributed by atoms with Gasteiger partial charge in [0, 0.05) is 24.8 Å². The summed E-state index contributed by atoms with van der Waals surface area (Å²) in [5.41, 5.74) is 3.24. The third-order valence-electron chi connectivity index (χ3n) is 4.82. The first-order valence-electron chi connectivity index (χ1n) is 8.84. The highest BCUT2D eigenvalue weighted by Gasteiger charge is 2.31. The third-order valence-corrected chi connectivity index (χ3v) is 4.82. The van der Waals surface area contributed by atoms with Gasteiger partial charge in [0.1, 0.15) is 0 Å². The number of hydrogen-bond acceptors (Lipinski definition) is 4. The second-order valence-electron chi connectivity index (χ2n) is 6.76. The highest BCUT2D eigenvalue weighted by molar-refractivity contribution is 5.96. The van der Waals surface area contributed by atoms with Gasteiger partial charge in [-0.3, -0.25) is 9.69 Å². The van der Waals surface area contributed by atoms with Crippen molar-refractivity contribution in [2.45, 2.75) is 26.4 Å². The van der Waals surface area contributed by atoms with Crippen molar-refractivity contribution >= 4 is 11.6 Å². The molecular formula is C21H26N2O3. The molecule has 1 atom stereocenters. The molecule has 0 aromatic heterocycles. The Hall–Kier alpha value is -2.53. The van der Waals surface area contributed by atoms with Gasteiger partial charge < -0.3 is 14.4 Å². The molecule has 1 aliphatic heterocycles. The molecule has 1 unspecified atom stereocenters. The third kappa shape index (κ3) is 3.68. The largest absolute Gasteiger partial charge is 0.493 e. The average molecular weight is 354 g/mol. The zero-order valence-corrected chi connectivity index (χ0v) is 15.9. The van der Waals surface area contributed by atoms with E-state index in [4.69, 9.17) is 9.47 Å². The molecule has 0 radical (unpaired) electrons. The van der Waals surface area contributed by atoms with Crippen LogP contribution in [0.3, 0.4) is 0 Å². The highest BCUT2D eigenvalue weighted by atomic mass is 16.5. The van der Waals surface area contributed by atoms with E-state index in [2.05, 4.69) is 11.8 Å². The number of anilines is 1. The molecule has 0 saturated carbocycles. The fourth-order valence-electron chi connectivity index (χ4n) is 3.60. The first kappa shape index (κ1) is 18.3. The van der Waals surface area contributed by atoms with E-state index in [1.54, 1.807) is 14.2 Å². The monoisotopic (exact) mass is 354 g/mol. The summed E-state index contributed by atoms with van der Waals surface area (Å²) in [6.45, 7) is 6.09. The SMILES string of the molecule is COc1ccc(CN2CC(=O)N(c3ccccc3C)C(C)C2)cc1OC. The summed E-state index contributed by atoms with van der Waals surface area (Å²) in [5, 5.41) is 0. The van der Waals surface area contributed by atoms with Crippen LogP contribution < -0.4 is 14.4 Å². The molecule has 1 saturated heterocycles. The Morgan fingerprint density at radius 3 is 2.46 bits per heavy atom. The molecule has 0 bridgehead atoms. The van der Waals surface area contributed by atoms with E-state index in [0.717, 1.165) is 23.4 Å². The van der Waals surface area contributed by atoms with Crippen LogP contribution in [-0.4, -0.2) is 44.2 Å². The van der Waals surface area contributed by atoms with Gasteiger partial charge in [-0.05, 0) is 43.2 Å². The molecule has 0 N–H and O–H groups in total. The van der Waals surface area contributed by atoms with Gasteiger partial charge in [-0.15, -0.1) is 0 Å². The Bertz CT molecular complexity index is 791. The molecular weight excluding hydrogens is 328 g/mol. The van der Waals surface area contributed by atoms with Gasteiger partial charge >= 0.3 is 0 Å². The van der Waals surface area contributed by atoms with Crippen LogP contribution in [0.2, 0.25) is 0 Å². The second kappa shape index (κ2) is 7.79. The Morgan fingerprint density at radius 2 is 1.81 bits per heavy atom. The standard InChI is InChI=1S/C21H26N2O3/c1-15-7-5-6-8-18(15)23-16(2)12-22(14-21(23)24)13-17-9-10-19(25-3)20(11-17)26-4/h5-11,16H,12-14H2,1-4H3. The Kier molecular flexibility index (Phi) is 5.47. The zero-order chi connectivity index (χ0) is 18.7. The molecule has 0 aliphatic carbocycles. The number of methoxy groups -OCH3 is 2. The molecule has 1 amide bonds. The molecule has 3 rings (SSSR count). The Labute approximate surface area is 155 Å². The van der Waals surface area contributed by atoms with Crippen molar-refractivity contribution in [1.29, 1.82) is 0 Å². The van der Waals surface area contributed by atoms with Crippen molar-refractivity contribution in [2.24, 2.45) is 0 Å². The van der Waals surface area contributed by atoms with Crippen molar-refractivity contribution in [3.8, 4) is 11.5 Å². The van der Waals surface area contributed by atoms with Crippen molar-refractivity contribution < 1.29 is 14.3 Å². The summed E-state index contributed by atoms with van der Waals surface area (Å²) in [5.74, 6) is 1.56. The maximum absolute atomic E-state index is 12.8. The quantitative estimate of drug-likeness (QED) is 0.827. The minimum Gasteiger partial charge on any atom is -0.493 e. The van der Waals surface area contributed by atoms with Crippen molar-refractivity contribution in [2.75, 3.05) is 32.2 Å². The van der Waals surface area contributed by atoms with E-state index < -0.39 is 0 Å². The second-order valence-corrected chi connectivity index (χ2v) is 6.76. The smallest absolute Gasteiger partial charge is 0.241 e. The van der Waals surface area contributed by atoms with E-state index in [1.807, 2.05) is 54.3 Å². The van der Waals surface area contributed by atoms with Crippen LogP contribution >= 0.6 is 0 Å². The summed E-state index contributed by atoms with van der Waals surface area (Å²) in [6.07, 6.45) is 0. The summed E-state index contributed by atoms with van der Waals surface area (Å²) in [7, 11) is 3.26. The zero-order valence-electron chi connectivity index (χ0n) is 15.9. The molecule has 26 heavy (non-hydrogen) atoms. The first-order valence-corrected chi connectivity index (χ1v) is 8.84. The maximum Gasteiger partial charge on any atom is 0.241 e. The first-order chi connectivity index (χ1) is 12.5. The number of nitrogens with zero attached hydrogens (tertiary/aromatic N) is 2. The Balaban J connectivity index is 1.74. The fourth-order valence-corrected chi connectivity index (χ4v) is 3.60. The number of rotatable bonds is 5. The van der Waals surface area contributed by atoms with Crippen LogP contribution in [0.1, 0.15) is 18.1 Å². The summed E-state index contributed by atoms with van der Waals surface area (Å²) in [6, 6.07) is 14.1. The number of benzene rings is 2. The molecule has 0 spiro atoms.